The molecule has 0 radical (unpaired) electrons. The Kier molecular flexibility index (Phi) is 5.35. The molecule has 0 spiro atoms. The van der Waals surface area contributed by atoms with E-state index in [1.165, 1.54) is 38.5 Å². The first-order chi connectivity index (χ1) is 6.00. The van der Waals surface area contributed by atoms with Crippen LogP contribution in [0.3, 0.4) is 0 Å². The van der Waals surface area contributed by atoms with Crippen LogP contribution in [0.1, 0.15) is 38.5 Å². The van der Waals surface area contributed by atoms with Crippen LogP contribution in [0, 0.1) is 0 Å². The Morgan fingerprint density at radius 2 is 1.00 bits per heavy atom. The van der Waals surface area contributed by atoms with Gasteiger partial charge in [0.1, 0.15) is 0 Å². The maximum Gasteiger partial charge on any atom is -0.0348 e. The first-order valence-corrected chi connectivity index (χ1v) is 4.98. The van der Waals surface area contributed by atoms with Gasteiger partial charge in [-0.25, -0.2) is 0 Å². The Morgan fingerprint density at radius 3 is 1.50 bits per heavy atom. The summed E-state index contributed by atoms with van der Waals surface area (Å²) < 4.78 is 0. The predicted molar refractivity (Wildman–Crippen MR) is 55.1 cm³/mol. The summed E-state index contributed by atoms with van der Waals surface area (Å²) in [6.07, 6.45) is 21.0. The molecular weight excluding hydrogens is 144 g/mol. The molecule has 0 aliphatic heterocycles. The lowest BCUT2D eigenvalue weighted by Gasteiger charge is -1.96. The van der Waals surface area contributed by atoms with E-state index < -0.39 is 0 Å². The van der Waals surface area contributed by atoms with Gasteiger partial charge >= 0.3 is 0 Å². The average Bonchev–Trinajstić information content (AvgIpc) is 2.05. The van der Waals surface area contributed by atoms with Crippen LogP contribution in [0.2, 0.25) is 0 Å². The van der Waals surface area contributed by atoms with Gasteiger partial charge in [0, 0.05) is 0 Å². The third-order valence-electron chi connectivity index (χ3n) is 2.10. The number of allylic oxidation sites excluding steroid dienone is 6. The molecule has 0 fully saturated rings. The molecule has 1 aliphatic rings. The first kappa shape index (κ1) is 9.31. The molecule has 0 atom stereocenters. The van der Waals surface area contributed by atoms with E-state index in [1.807, 2.05) is 0 Å². The smallest absolute Gasteiger partial charge is 0.0348 e. The second-order valence-corrected chi connectivity index (χ2v) is 3.23. The van der Waals surface area contributed by atoms with Crippen molar-refractivity contribution in [3.8, 4) is 0 Å². The lowest BCUT2D eigenvalue weighted by Crippen LogP contribution is -1.77. The van der Waals surface area contributed by atoms with Gasteiger partial charge < -0.3 is 0 Å². The standard InChI is InChI=1S/C12H18/c1-2-4-6-8-10-12-11-9-7-5-3-1/h1-6H,7-12H2/b2-1-,5-3-,6-4-. The van der Waals surface area contributed by atoms with Gasteiger partial charge in [-0.1, -0.05) is 49.3 Å². The fourth-order valence-corrected chi connectivity index (χ4v) is 1.36. The minimum Gasteiger partial charge on any atom is -0.0845 e. The lowest BCUT2D eigenvalue weighted by atomic mass is 10.1. The minimum atomic E-state index is 1.24. The SMILES string of the molecule is C1=C\C=C/CCCCCC\C=C/1. The van der Waals surface area contributed by atoms with E-state index in [2.05, 4.69) is 36.5 Å². The molecule has 66 valence electrons. The molecular formula is C12H18. The van der Waals surface area contributed by atoms with Crippen molar-refractivity contribution in [2.75, 3.05) is 0 Å². The van der Waals surface area contributed by atoms with Gasteiger partial charge in [0.25, 0.3) is 0 Å². The van der Waals surface area contributed by atoms with Crippen molar-refractivity contribution >= 4 is 0 Å². The molecule has 0 amide bonds. The summed E-state index contributed by atoms with van der Waals surface area (Å²) in [5.74, 6) is 0. The van der Waals surface area contributed by atoms with Crippen molar-refractivity contribution < 1.29 is 0 Å². The van der Waals surface area contributed by atoms with Gasteiger partial charge in [-0.2, -0.15) is 0 Å². The van der Waals surface area contributed by atoms with Crippen molar-refractivity contribution in [3.05, 3.63) is 36.5 Å². The average molecular weight is 162 g/mol. The number of hydrogen-bond acceptors (Lipinski definition) is 0. The molecule has 0 aromatic rings. The fraction of sp³-hybridized carbons (Fsp3) is 0.500. The Labute approximate surface area is 75.7 Å². The van der Waals surface area contributed by atoms with Gasteiger partial charge in [0.2, 0.25) is 0 Å². The Bertz CT molecular complexity index is 152. The summed E-state index contributed by atoms with van der Waals surface area (Å²) in [4.78, 5) is 0. The highest BCUT2D eigenvalue weighted by atomic mass is 13.9. The topological polar surface area (TPSA) is 0 Å². The van der Waals surface area contributed by atoms with E-state index in [4.69, 9.17) is 0 Å². The third kappa shape index (κ3) is 4.95. The summed E-state index contributed by atoms with van der Waals surface area (Å²) in [7, 11) is 0. The molecule has 0 heteroatoms. The molecule has 12 heavy (non-hydrogen) atoms. The van der Waals surface area contributed by atoms with Gasteiger partial charge in [-0.3, -0.25) is 0 Å². The molecule has 0 saturated carbocycles. The van der Waals surface area contributed by atoms with E-state index in [0.717, 1.165) is 0 Å². The summed E-state index contributed by atoms with van der Waals surface area (Å²) in [5, 5.41) is 0. The molecule has 1 aliphatic carbocycles. The van der Waals surface area contributed by atoms with Crippen molar-refractivity contribution in [1.82, 2.24) is 0 Å². The van der Waals surface area contributed by atoms with Crippen LogP contribution in [-0.2, 0) is 0 Å². The van der Waals surface area contributed by atoms with Crippen molar-refractivity contribution in [2.24, 2.45) is 0 Å². The number of hydrogen-bond donors (Lipinski definition) is 0. The fourth-order valence-electron chi connectivity index (χ4n) is 1.36. The van der Waals surface area contributed by atoms with Crippen molar-refractivity contribution in [2.45, 2.75) is 38.5 Å². The zero-order valence-corrected chi connectivity index (χ0v) is 7.71. The lowest BCUT2D eigenvalue weighted by molar-refractivity contribution is 0.652. The Balaban J connectivity index is 2.32. The van der Waals surface area contributed by atoms with Gasteiger partial charge in [-0.05, 0) is 25.7 Å². The first-order valence-electron chi connectivity index (χ1n) is 4.98. The van der Waals surface area contributed by atoms with Crippen LogP contribution in [0.15, 0.2) is 36.5 Å². The summed E-state index contributed by atoms with van der Waals surface area (Å²) >= 11 is 0. The minimum absolute atomic E-state index is 1.24. The zero-order chi connectivity index (χ0) is 8.49. The molecule has 0 aromatic carbocycles. The molecule has 0 N–H and O–H groups in total. The molecule has 0 heterocycles. The molecule has 0 aromatic heterocycles. The quantitative estimate of drug-likeness (QED) is 0.505. The highest BCUT2D eigenvalue weighted by Crippen LogP contribution is 2.07. The van der Waals surface area contributed by atoms with Gasteiger partial charge in [-0.15, -0.1) is 0 Å². The summed E-state index contributed by atoms with van der Waals surface area (Å²) in [6, 6.07) is 0. The van der Waals surface area contributed by atoms with Gasteiger partial charge in [0.15, 0.2) is 0 Å². The maximum atomic E-state index is 2.26. The number of rotatable bonds is 0. The van der Waals surface area contributed by atoms with Crippen LogP contribution in [0.5, 0.6) is 0 Å². The summed E-state index contributed by atoms with van der Waals surface area (Å²) in [5.41, 5.74) is 0. The van der Waals surface area contributed by atoms with Gasteiger partial charge in [0.05, 0.1) is 0 Å². The van der Waals surface area contributed by atoms with E-state index in [-0.39, 0.29) is 0 Å². The Hall–Kier alpha value is -0.780. The maximum absolute atomic E-state index is 2.26. The van der Waals surface area contributed by atoms with E-state index >= 15 is 0 Å². The third-order valence-corrected chi connectivity index (χ3v) is 2.10. The van der Waals surface area contributed by atoms with E-state index in [9.17, 15) is 0 Å². The second kappa shape index (κ2) is 6.90. The summed E-state index contributed by atoms with van der Waals surface area (Å²) in [6.45, 7) is 0. The highest BCUT2D eigenvalue weighted by molar-refractivity contribution is 5.11. The second-order valence-electron chi connectivity index (χ2n) is 3.23. The highest BCUT2D eigenvalue weighted by Gasteiger charge is 1.87. The zero-order valence-electron chi connectivity index (χ0n) is 7.71. The van der Waals surface area contributed by atoms with E-state index in [0.29, 0.717) is 0 Å². The van der Waals surface area contributed by atoms with Crippen LogP contribution in [0.4, 0.5) is 0 Å². The van der Waals surface area contributed by atoms with E-state index in [1.54, 1.807) is 0 Å². The molecule has 0 nitrogen and oxygen atoms in total. The van der Waals surface area contributed by atoms with Crippen LogP contribution in [-0.4, -0.2) is 0 Å². The van der Waals surface area contributed by atoms with Crippen molar-refractivity contribution in [1.29, 1.82) is 0 Å². The molecule has 0 unspecified atom stereocenters. The monoisotopic (exact) mass is 162 g/mol. The molecule has 0 saturated heterocycles. The Morgan fingerprint density at radius 1 is 0.500 bits per heavy atom. The van der Waals surface area contributed by atoms with Crippen LogP contribution >= 0.6 is 0 Å². The molecule has 1 rings (SSSR count). The van der Waals surface area contributed by atoms with Crippen molar-refractivity contribution in [3.63, 3.8) is 0 Å². The van der Waals surface area contributed by atoms with Crippen LogP contribution in [0.25, 0.3) is 0 Å². The van der Waals surface area contributed by atoms with Crippen LogP contribution < -0.4 is 0 Å². The normalized spacial score (nSPS) is 28.0. The largest absolute Gasteiger partial charge is 0.0845 e. The molecule has 0 bridgehead atoms. The predicted octanol–water partition coefficient (Wildman–Crippen LogP) is 4.01.